The van der Waals surface area contributed by atoms with Crippen LogP contribution in [0.4, 0.5) is 0 Å². The summed E-state index contributed by atoms with van der Waals surface area (Å²) in [7, 11) is 0. The van der Waals surface area contributed by atoms with Gasteiger partial charge < -0.3 is 5.32 Å². The molecule has 0 aliphatic heterocycles. The topological polar surface area (TPSA) is 29.1 Å². The van der Waals surface area contributed by atoms with Gasteiger partial charge in [0.05, 0.1) is 0 Å². The third kappa shape index (κ3) is 3.94. The summed E-state index contributed by atoms with van der Waals surface area (Å²) in [6, 6.07) is 18.1. The smallest absolute Gasteiger partial charge is 0.251 e. The second-order valence-corrected chi connectivity index (χ2v) is 5.79. The van der Waals surface area contributed by atoms with Crippen LogP contribution in [0, 0.1) is 12.8 Å². The van der Waals surface area contributed by atoms with Crippen LogP contribution in [0.3, 0.4) is 0 Å². The molecule has 0 radical (unpaired) electrons. The standard InChI is InChI=1S/C19H23NO/c1-14(2)18(16-10-5-4-6-11-16)13-20-19(21)17-12-8-7-9-15(17)3/h4-12,14,18H,13H2,1-3H3,(H,20,21). The summed E-state index contributed by atoms with van der Waals surface area (Å²) in [5.74, 6) is 0.818. The average Bonchev–Trinajstić information content (AvgIpc) is 2.48. The fraction of sp³-hybridized carbons (Fsp3) is 0.316. The van der Waals surface area contributed by atoms with Crippen LogP contribution in [0.2, 0.25) is 0 Å². The predicted octanol–water partition coefficient (Wildman–Crippen LogP) is 4.16. The van der Waals surface area contributed by atoms with Gasteiger partial charge in [0, 0.05) is 18.0 Å². The molecule has 2 aromatic rings. The van der Waals surface area contributed by atoms with Gasteiger partial charge in [0.15, 0.2) is 0 Å². The maximum atomic E-state index is 12.3. The molecule has 1 atom stereocenters. The number of aryl methyl sites for hydroxylation is 1. The maximum Gasteiger partial charge on any atom is 0.251 e. The van der Waals surface area contributed by atoms with Crippen molar-refractivity contribution in [3.05, 3.63) is 71.3 Å². The largest absolute Gasteiger partial charge is 0.351 e. The zero-order chi connectivity index (χ0) is 15.2. The number of amides is 1. The van der Waals surface area contributed by atoms with E-state index in [4.69, 9.17) is 0 Å². The minimum atomic E-state index is 0.00896. The van der Waals surface area contributed by atoms with E-state index >= 15 is 0 Å². The van der Waals surface area contributed by atoms with Gasteiger partial charge in [-0.15, -0.1) is 0 Å². The molecule has 1 amide bonds. The molecule has 0 saturated heterocycles. The van der Waals surface area contributed by atoms with E-state index in [0.717, 1.165) is 11.1 Å². The lowest BCUT2D eigenvalue weighted by molar-refractivity contribution is 0.0948. The molecule has 2 heteroatoms. The number of benzene rings is 2. The molecule has 0 fully saturated rings. The van der Waals surface area contributed by atoms with Crippen molar-refractivity contribution < 1.29 is 4.79 Å². The van der Waals surface area contributed by atoms with E-state index in [0.29, 0.717) is 18.4 Å². The highest BCUT2D eigenvalue weighted by Gasteiger charge is 2.17. The van der Waals surface area contributed by atoms with Crippen molar-refractivity contribution in [3.8, 4) is 0 Å². The Morgan fingerprint density at radius 1 is 1.00 bits per heavy atom. The predicted molar refractivity (Wildman–Crippen MR) is 87.5 cm³/mol. The Balaban J connectivity index is 2.06. The van der Waals surface area contributed by atoms with Crippen molar-refractivity contribution in [2.24, 2.45) is 5.92 Å². The van der Waals surface area contributed by atoms with E-state index < -0.39 is 0 Å². The third-order valence-corrected chi connectivity index (χ3v) is 3.90. The molecule has 110 valence electrons. The molecule has 0 aliphatic carbocycles. The van der Waals surface area contributed by atoms with E-state index in [9.17, 15) is 4.79 Å². The molecule has 2 aromatic carbocycles. The van der Waals surface area contributed by atoms with Crippen molar-refractivity contribution in [3.63, 3.8) is 0 Å². The summed E-state index contributed by atoms with van der Waals surface area (Å²) in [5, 5.41) is 3.08. The highest BCUT2D eigenvalue weighted by molar-refractivity contribution is 5.95. The average molecular weight is 281 g/mol. The Hall–Kier alpha value is -2.09. The van der Waals surface area contributed by atoms with Crippen LogP contribution < -0.4 is 5.32 Å². The van der Waals surface area contributed by atoms with Crippen molar-refractivity contribution in [2.75, 3.05) is 6.54 Å². The van der Waals surface area contributed by atoms with Gasteiger partial charge in [-0.2, -0.15) is 0 Å². The van der Waals surface area contributed by atoms with E-state index in [2.05, 4.69) is 31.3 Å². The summed E-state index contributed by atoms with van der Waals surface area (Å²) in [4.78, 5) is 12.3. The lowest BCUT2D eigenvalue weighted by Gasteiger charge is -2.22. The second kappa shape index (κ2) is 7.07. The molecule has 21 heavy (non-hydrogen) atoms. The lowest BCUT2D eigenvalue weighted by Crippen LogP contribution is -2.30. The number of carbonyl (C=O) groups is 1. The first-order valence-electron chi connectivity index (χ1n) is 7.48. The van der Waals surface area contributed by atoms with Crippen LogP contribution in [0.15, 0.2) is 54.6 Å². The van der Waals surface area contributed by atoms with Crippen LogP contribution in [0.5, 0.6) is 0 Å². The first kappa shape index (κ1) is 15.3. The summed E-state index contributed by atoms with van der Waals surface area (Å²) in [6.07, 6.45) is 0. The molecule has 0 saturated carbocycles. The number of nitrogens with one attached hydrogen (secondary N) is 1. The maximum absolute atomic E-state index is 12.3. The quantitative estimate of drug-likeness (QED) is 0.876. The van der Waals surface area contributed by atoms with E-state index in [1.54, 1.807) is 0 Å². The van der Waals surface area contributed by atoms with Crippen LogP contribution in [0.1, 0.15) is 41.3 Å². The van der Waals surface area contributed by atoms with Crippen molar-refractivity contribution in [2.45, 2.75) is 26.7 Å². The van der Waals surface area contributed by atoms with Crippen LogP contribution in [-0.2, 0) is 0 Å². The summed E-state index contributed by atoms with van der Waals surface area (Å²) < 4.78 is 0. The number of hydrogen-bond acceptors (Lipinski definition) is 1. The summed E-state index contributed by atoms with van der Waals surface area (Å²) in [5.41, 5.74) is 3.04. The molecule has 0 heterocycles. The Morgan fingerprint density at radius 3 is 2.24 bits per heavy atom. The molecule has 2 rings (SSSR count). The lowest BCUT2D eigenvalue weighted by atomic mass is 9.88. The number of hydrogen-bond donors (Lipinski definition) is 1. The van der Waals surface area contributed by atoms with Gasteiger partial charge >= 0.3 is 0 Å². The van der Waals surface area contributed by atoms with Gasteiger partial charge in [0.25, 0.3) is 5.91 Å². The van der Waals surface area contributed by atoms with E-state index in [1.807, 2.05) is 49.4 Å². The van der Waals surface area contributed by atoms with Crippen LogP contribution in [0.25, 0.3) is 0 Å². The van der Waals surface area contributed by atoms with Crippen molar-refractivity contribution in [1.82, 2.24) is 5.32 Å². The minimum absolute atomic E-state index is 0.00896. The fourth-order valence-corrected chi connectivity index (χ4v) is 2.56. The molecule has 0 spiro atoms. The SMILES string of the molecule is Cc1ccccc1C(=O)NCC(c1ccccc1)C(C)C. The van der Waals surface area contributed by atoms with E-state index in [1.165, 1.54) is 5.56 Å². The highest BCUT2D eigenvalue weighted by atomic mass is 16.1. The highest BCUT2D eigenvalue weighted by Crippen LogP contribution is 2.23. The molecule has 0 bridgehead atoms. The van der Waals surface area contributed by atoms with Gasteiger partial charge in [0.1, 0.15) is 0 Å². The third-order valence-electron chi connectivity index (χ3n) is 3.90. The Bertz CT molecular complexity index is 590. The molecular weight excluding hydrogens is 258 g/mol. The molecule has 1 N–H and O–H groups in total. The van der Waals surface area contributed by atoms with Crippen LogP contribution >= 0.6 is 0 Å². The normalized spacial score (nSPS) is 12.2. The number of rotatable bonds is 5. The van der Waals surface area contributed by atoms with Gasteiger partial charge in [-0.3, -0.25) is 4.79 Å². The van der Waals surface area contributed by atoms with Gasteiger partial charge in [-0.1, -0.05) is 62.4 Å². The zero-order valence-electron chi connectivity index (χ0n) is 13.0. The first-order chi connectivity index (χ1) is 10.1. The minimum Gasteiger partial charge on any atom is -0.351 e. The summed E-state index contributed by atoms with van der Waals surface area (Å²) in [6.45, 7) is 7.01. The number of carbonyl (C=O) groups excluding carboxylic acids is 1. The zero-order valence-corrected chi connectivity index (χ0v) is 13.0. The Morgan fingerprint density at radius 2 is 1.62 bits per heavy atom. The molecule has 1 unspecified atom stereocenters. The van der Waals surface area contributed by atoms with Gasteiger partial charge in [-0.05, 0) is 30.0 Å². The first-order valence-corrected chi connectivity index (χ1v) is 7.48. The Kier molecular flexibility index (Phi) is 5.15. The van der Waals surface area contributed by atoms with Gasteiger partial charge in [0.2, 0.25) is 0 Å². The van der Waals surface area contributed by atoms with Crippen molar-refractivity contribution >= 4 is 5.91 Å². The van der Waals surface area contributed by atoms with Gasteiger partial charge in [-0.25, -0.2) is 0 Å². The second-order valence-electron chi connectivity index (χ2n) is 5.79. The molecular formula is C19H23NO. The molecule has 0 aromatic heterocycles. The van der Waals surface area contributed by atoms with Crippen LogP contribution in [-0.4, -0.2) is 12.5 Å². The monoisotopic (exact) mass is 281 g/mol. The van der Waals surface area contributed by atoms with Crippen molar-refractivity contribution in [1.29, 1.82) is 0 Å². The molecule has 2 nitrogen and oxygen atoms in total. The molecule has 0 aliphatic rings. The van der Waals surface area contributed by atoms with E-state index in [-0.39, 0.29) is 5.91 Å². The summed E-state index contributed by atoms with van der Waals surface area (Å²) >= 11 is 0. The fourth-order valence-electron chi connectivity index (χ4n) is 2.56. The Labute approximate surface area is 127 Å².